The molecule has 0 spiro atoms. The van der Waals surface area contributed by atoms with Crippen molar-refractivity contribution in [1.82, 2.24) is 15.2 Å². The molecule has 0 aliphatic carbocycles. The Balaban J connectivity index is 1.51. The molecule has 0 aliphatic heterocycles. The highest BCUT2D eigenvalue weighted by molar-refractivity contribution is 9.10. The van der Waals surface area contributed by atoms with Crippen LogP contribution in [0.3, 0.4) is 0 Å². The highest BCUT2D eigenvalue weighted by Gasteiger charge is 2.09. The van der Waals surface area contributed by atoms with E-state index in [1.165, 1.54) is 11.8 Å². The summed E-state index contributed by atoms with van der Waals surface area (Å²) in [6, 6.07) is 13.5. The van der Waals surface area contributed by atoms with Gasteiger partial charge in [-0.25, -0.2) is 4.98 Å². The topological polar surface area (TPSA) is 79.9 Å². The normalized spacial score (nSPS) is 10.6. The summed E-state index contributed by atoms with van der Waals surface area (Å²) < 4.78 is 6.17. The number of aromatic nitrogens is 3. The molecule has 0 unspecified atom stereocenters. The molecule has 1 amide bonds. The third kappa shape index (κ3) is 5.58. The second-order valence-corrected chi connectivity index (χ2v) is 7.69. The van der Waals surface area contributed by atoms with Crippen molar-refractivity contribution in [3.8, 4) is 5.75 Å². The van der Waals surface area contributed by atoms with Crippen LogP contribution in [0.2, 0.25) is 0 Å². The van der Waals surface area contributed by atoms with E-state index in [4.69, 9.17) is 4.74 Å². The Morgan fingerprint density at radius 1 is 1.26 bits per heavy atom. The molecule has 2 N–H and O–H groups in total. The van der Waals surface area contributed by atoms with Crippen LogP contribution in [0.15, 0.2) is 52.1 Å². The Hall–Kier alpha value is -2.32. The van der Waals surface area contributed by atoms with E-state index in [0.717, 1.165) is 32.9 Å². The maximum Gasteiger partial charge on any atom is 0.234 e. The lowest BCUT2D eigenvalue weighted by atomic mass is 10.1. The largest absolute Gasteiger partial charge is 0.497 e. The number of ether oxygens (including phenoxy) is 1. The fraction of sp³-hybridized carbons (Fsp3) is 0.211. The van der Waals surface area contributed by atoms with Gasteiger partial charge in [-0.2, -0.15) is 0 Å². The van der Waals surface area contributed by atoms with Crippen molar-refractivity contribution < 1.29 is 9.53 Å². The minimum Gasteiger partial charge on any atom is -0.497 e. The van der Waals surface area contributed by atoms with Crippen molar-refractivity contribution in [3.05, 3.63) is 63.9 Å². The Labute approximate surface area is 170 Å². The Morgan fingerprint density at radius 3 is 2.74 bits per heavy atom. The highest BCUT2D eigenvalue weighted by Crippen LogP contribution is 2.21. The number of carbonyl (C=O) groups is 1. The summed E-state index contributed by atoms with van der Waals surface area (Å²) >= 11 is 4.74. The fourth-order valence-electron chi connectivity index (χ4n) is 2.41. The van der Waals surface area contributed by atoms with E-state index in [1.807, 2.05) is 49.4 Å². The van der Waals surface area contributed by atoms with Gasteiger partial charge in [0.25, 0.3) is 0 Å². The summed E-state index contributed by atoms with van der Waals surface area (Å²) in [5.74, 6) is 1.73. The number of methoxy groups -OCH3 is 1. The number of anilines is 1. The predicted octanol–water partition coefficient (Wildman–Crippen LogP) is 4.21. The summed E-state index contributed by atoms with van der Waals surface area (Å²) in [4.78, 5) is 16.6. The van der Waals surface area contributed by atoms with E-state index < -0.39 is 0 Å². The molecule has 0 bridgehead atoms. The zero-order valence-electron chi connectivity index (χ0n) is 15.0. The lowest BCUT2D eigenvalue weighted by molar-refractivity contribution is -0.113. The number of nitrogens with zero attached hydrogens (tertiary/aromatic N) is 2. The van der Waals surface area contributed by atoms with Gasteiger partial charge in [0.2, 0.25) is 11.1 Å². The van der Waals surface area contributed by atoms with Gasteiger partial charge in [-0.15, -0.1) is 5.10 Å². The molecule has 1 aromatic heterocycles. The number of hydrogen-bond acceptors (Lipinski definition) is 5. The van der Waals surface area contributed by atoms with E-state index in [9.17, 15) is 4.79 Å². The number of hydrogen-bond donors (Lipinski definition) is 2. The molecule has 140 valence electrons. The van der Waals surface area contributed by atoms with Gasteiger partial charge in [0.1, 0.15) is 11.6 Å². The molecule has 3 aromatic rings. The Kier molecular flexibility index (Phi) is 6.52. The van der Waals surface area contributed by atoms with Gasteiger partial charge in [0, 0.05) is 16.6 Å². The van der Waals surface area contributed by atoms with Crippen molar-refractivity contribution >= 4 is 39.3 Å². The van der Waals surface area contributed by atoms with Crippen LogP contribution in [0.1, 0.15) is 17.0 Å². The zero-order valence-corrected chi connectivity index (χ0v) is 17.4. The Morgan fingerprint density at radius 2 is 2.04 bits per heavy atom. The number of benzene rings is 2. The summed E-state index contributed by atoms with van der Waals surface area (Å²) in [5, 5.41) is 10.5. The number of rotatable bonds is 7. The van der Waals surface area contributed by atoms with Crippen LogP contribution in [0.5, 0.6) is 5.75 Å². The van der Waals surface area contributed by atoms with Crippen LogP contribution in [0.25, 0.3) is 0 Å². The number of amides is 1. The summed E-state index contributed by atoms with van der Waals surface area (Å²) in [7, 11) is 1.64. The van der Waals surface area contributed by atoms with Gasteiger partial charge in [-0.1, -0.05) is 39.8 Å². The molecule has 6 nitrogen and oxygen atoms in total. The lowest BCUT2D eigenvalue weighted by Crippen LogP contribution is -2.14. The van der Waals surface area contributed by atoms with Crippen LogP contribution >= 0.6 is 27.7 Å². The summed E-state index contributed by atoms with van der Waals surface area (Å²) in [6.45, 7) is 1.98. The van der Waals surface area contributed by atoms with Gasteiger partial charge in [0.15, 0.2) is 0 Å². The van der Waals surface area contributed by atoms with Crippen molar-refractivity contribution in [2.45, 2.75) is 18.5 Å². The summed E-state index contributed by atoms with van der Waals surface area (Å²) in [5.41, 5.74) is 2.95. The van der Waals surface area contributed by atoms with Gasteiger partial charge < -0.3 is 10.1 Å². The molecular weight excluding hydrogens is 428 g/mol. The van der Waals surface area contributed by atoms with E-state index in [2.05, 4.69) is 36.4 Å². The van der Waals surface area contributed by atoms with Gasteiger partial charge in [-0.3, -0.25) is 9.89 Å². The van der Waals surface area contributed by atoms with E-state index >= 15 is 0 Å². The number of carbonyl (C=O) groups excluding carboxylic acids is 1. The van der Waals surface area contributed by atoms with Crippen LogP contribution in [-0.4, -0.2) is 34.0 Å². The third-order valence-electron chi connectivity index (χ3n) is 3.82. The summed E-state index contributed by atoms with van der Waals surface area (Å²) in [6.07, 6.45) is 0.641. The molecule has 1 heterocycles. The van der Waals surface area contributed by atoms with Gasteiger partial charge in [0.05, 0.1) is 12.9 Å². The van der Waals surface area contributed by atoms with E-state index in [1.54, 1.807) is 7.11 Å². The number of thioether (sulfide) groups is 1. The second-order valence-electron chi connectivity index (χ2n) is 5.89. The molecule has 0 saturated carbocycles. The molecule has 2 aromatic carbocycles. The average molecular weight is 447 g/mol. The lowest BCUT2D eigenvalue weighted by Gasteiger charge is -2.06. The van der Waals surface area contributed by atoms with Gasteiger partial charge >= 0.3 is 0 Å². The first-order valence-electron chi connectivity index (χ1n) is 8.26. The second kappa shape index (κ2) is 9.05. The number of nitrogens with one attached hydrogen (secondary N) is 2. The Bertz CT molecular complexity index is 928. The molecule has 0 aliphatic rings. The molecule has 0 atom stereocenters. The van der Waals surface area contributed by atoms with Crippen molar-refractivity contribution in [1.29, 1.82) is 0 Å². The first-order valence-corrected chi connectivity index (χ1v) is 10.0. The first-order chi connectivity index (χ1) is 13.0. The first kappa shape index (κ1) is 19.4. The number of aryl methyl sites for hydroxylation is 1. The average Bonchev–Trinajstić information content (AvgIpc) is 3.11. The standard InChI is InChI=1S/C19H19BrN4O2S/c1-12-9-14(5-8-16(12)20)21-18(25)11-27-19-22-17(23-24-19)10-13-3-6-15(26-2)7-4-13/h3-9H,10-11H2,1-2H3,(H,21,25)(H,22,23,24). The van der Waals surface area contributed by atoms with Crippen LogP contribution in [0.4, 0.5) is 5.69 Å². The van der Waals surface area contributed by atoms with Crippen LogP contribution < -0.4 is 10.1 Å². The number of H-pyrrole nitrogens is 1. The maximum atomic E-state index is 12.1. The van der Waals surface area contributed by atoms with E-state index in [-0.39, 0.29) is 11.7 Å². The number of aromatic amines is 1. The zero-order chi connectivity index (χ0) is 19.2. The molecule has 3 rings (SSSR count). The molecule has 27 heavy (non-hydrogen) atoms. The molecular formula is C19H19BrN4O2S. The smallest absolute Gasteiger partial charge is 0.234 e. The van der Waals surface area contributed by atoms with Crippen molar-refractivity contribution in [2.24, 2.45) is 0 Å². The third-order valence-corrected chi connectivity index (χ3v) is 5.55. The monoisotopic (exact) mass is 446 g/mol. The van der Waals surface area contributed by atoms with Crippen LogP contribution in [0, 0.1) is 6.92 Å². The highest BCUT2D eigenvalue weighted by atomic mass is 79.9. The number of halogens is 1. The van der Waals surface area contributed by atoms with Gasteiger partial charge in [-0.05, 0) is 48.4 Å². The molecule has 8 heteroatoms. The maximum absolute atomic E-state index is 12.1. The minimum absolute atomic E-state index is 0.0942. The van der Waals surface area contributed by atoms with E-state index in [0.29, 0.717) is 11.6 Å². The van der Waals surface area contributed by atoms with Crippen molar-refractivity contribution in [3.63, 3.8) is 0 Å². The van der Waals surface area contributed by atoms with Crippen LogP contribution in [-0.2, 0) is 11.2 Å². The molecule has 0 radical (unpaired) electrons. The SMILES string of the molecule is COc1ccc(Cc2nc(SCC(=O)Nc3ccc(Br)c(C)c3)n[nH]2)cc1. The minimum atomic E-state index is -0.0942. The molecule has 0 saturated heterocycles. The fourth-order valence-corrected chi connectivity index (χ4v) is 3.27. The predicted molar refractivity (Wildman–Crippen MR) is 110 cm³/mol. The molecule has 0 fully saturated rings. The van der Waals surface area contributed by atoms with Crippen molar-refractivity contribution in [2.75, 3.05) is 18.2 Å². The quantitative estimate of drug-likeness (QED) is 0.531.